The number of aliphatic hydroxyl groups is 1. The van der Waals surface area contributed by atoms with E-state index in [0.29, 0.717) is 12.2 Å². The Morgan fingerprint density at radius 1 is 1.44 bits per heavy atom. The predicted molar refractivity (Wildman–Crippen MR) is 68.3 cm³/mol. The number of methoxy groups -OCH3 is 1. The first-order chi connectivity index (χ1) is 8.71. The first kappa shape index (κ1) is 13.1. The number of amides is 1. The number of hydrogen-bond acceptors (Lipinski definition) is 3. The third-order valence-corrected chi connectivity index (χ3v) is 3.55. The van der Waals surface area contributed by atoms with Crippen molar-refractivity contribution in [2.24, 2.45) is 0 Å². The lowest BCUT2D eigenvalue weighted by Crippen LogP contribution is -2.56. The summed E-state index contributed by atoms with van der Waals surface area (Å²) in [5.41, 5.74) is 1.08. The molecular weight excluding hydrogens is 230 g/mol. The standard InChI is InChI=1S/C14H19NO3/c1-18-9-11-5-2-3-6-12(11)13(17)15-14(10-16)7-4-8-14/h2-3,5-6,16H,4,7-10H2,1H3,(H,15,17). The summed E-state index contributed by atoms with van der Waals surface area (Å²) in [6.07, 6.45) is 2.75. The van der Waals surface area contributed by atoms with Crippen LogP contribution in [0, 0.1) is 0 Å². The zero-order chi connectivity index (χ0) is 13.0. The van der Waals surface area contributed by atoms with Crippen LogP contribution in [0.3, 0.4) is 0 Å². The number of nitrogens with one attached hydrogen (secondary N) is 1. The van der Waals surface area contributed by atoms with Crippen LogP contribution in [0.25, 0.3) is 0 Å². The second-order valence-corrected chi connectivity index (χ2v) is 4.84. The molecule has 2 N–H and O–H groups in total. The van der Waals surface area contributed by atoms with E-state index in [-0.39, 0.29) is 12.5 Å². The van der Waals surface area contributed by atoms with Gasteiger partial charge in [-0.15, -0.1) is 0 Å². The third-order valence-electron chi connectivity index (χ3n) is 3.55. The summed E-state index contributed by atoms with van der Waals surface area (Å²) < 4.78 is 5.09. The van der Waals surface area contributed by atoms with Gasteiger partial charge in [0.25, 0.3) is 5.91 Å². The number of ether oxygens (including phenoxy) is 1. The van der Waals surface area contributed by atoms with E-state index in [4.69, 9.17) is 4.74 Å². The van der Waals surface area contributed by atoms with Gasteiger partial charge in [-0.3, -0.25) is 4.79 Å². The molecule has 0 heterocycles. The molecular formula is C14H19NO3. The van der Waals surface area contributed by atoms with E-state index >= 15 is 0 Å². The minimum atomic E-state index is -0.405. The lowest BCUT2D eigenvalue weighted by molar-refractivity contribution is 0.0638. The van der Waals surface area contributed by atoms with E-state index in [0.717, 1.165) is 24.8 Å². The van der Waals surface area contributed by atoms with Crippen molar-refractivity contribution in [2.45, 2.75) is 31.4 Å². The number of rotatable bonds is 5. The van der Waals surface area contributed by atoms with Gasteiger partial charge < -0.3 is 15.2 Å². The molecule has 2 rings (SSSR count). The summed E-state index contributed by atoms with van der Waals surface area (Å²) in [5.74, 6) is -0.128. The molecule has 4 heteroatoms. The Labute approximate surface area is 107 Å². The fraction of sp³-hybridized carbons (Fsp3) is 0.500. The zero-order valence-corrected chi connectivity index (χ0v) is 10.6. The van der Waals surface area contributed by atoms with E-state index in [1.807, 2.05) is 18.2 Å². The topological polar surface area (TPSA) is 58.6 Å². The molecule has 0 aliphatic heterocycles. The van der Waals surface area contributed by atoms with E-state index in [9.17, 15) is 9.90 Å². The van der Waals surface area contributed by atoms with Crippen molar-refractivity contribution in [2.75, 3.05) is 13.7 Å². The molecule has 0 spiro atoms. The highest BCUT2D eigenvalue weighted by molar-refractivity contribution is 5.96. The van der Waals surface area contributed by atoms with Crippen LogP contribution in [0.5, 0.6) is 0 Å². The SMILES string of the molecule is COCc1ccccc1C(=O)NC1(CO)CCC1. The van der Waals surface area contributed by atoms with E-state index in [1.54, 1.807) is 13.2 Å². The van der Waals surface area contributed by atoms with E-state index < -0.39 is 5.54 Å². The smallest absolute Gasteiger partial charge is 0.252 e. The lowest BCUT2D eigenvalue weighted by Gasteiger charge is -2.41. The van der Waals surface area contributed by atoms with Crippen LogP contribution in [-0.2, 0) is 11.3 Å². The number of carbonyl (C=O) groups excluding carboxylic acids is 1. The molecule has 4 nitrogen and oxygen atoms in total. The third kappa shape index (κ3) is 2.54. The number of benzene rings is 1. The van der Waals surface area contributed by atoms with Crippen molar-refractivity contribution in [3.8, 4) is 0 Å². The second kappa shape index (κ2) is 5.50. The highest BCUT2D eigenvalue weighted by Gasteiger charge is 2.38. The number of carbonyl (C=O) groups is 1. The van der Waals surface area contributed by atoms with Gasteiger partial charge in [0.05, 0.1) is 18.8 Å². The van der Waals surface area contributed by atoms with Gasteiger partial charge in [-0.05, 0) is 30.9 Å². The Bertz CT molecular complexity index is 421. The summed E-state index contributed by atoms with van der Waals surface area (Å²) in [7, 11) is 1.61. The quantitative estimate of drug-likeness (QED) is 0.831. The predicted octanol–water partition coefficient (Wildman–Crippen LogP) is 1.48. The lowest BCUT2D eigenvalue weighted by atomic mass is 9.77. The Hall–Kier alpha value is -1.39. The van der Waals surface area contributed by atoms with Gasteiger partial charge in [-0.1, -0.05) is 18.2 Å². The number of aliphatic hydroxyl groups excluding tert-OH is 1. The molecule has 1 aliphatic rings. The van der Waals surface area contributed by atoms with Gasteiger partial charge in [0, 0.05) is 12.7 Å². The van der Waals surface area contributed by atoms with Crippen LogP contribution in [-0.4, -0.2) is 30.3 Å². The molecule has 0 saturated heterocycles. The summed E-state index contributed by atoms with van der Waals surface area (Å²) in [6, 6.07) is 7.38. The van der Waals surface area contributed by atoms with E-state index in [2.05, 4.69) is 5.32 Å². The molecule has 0 unspecified atom stereocenters. The molecule has 0 radical (unpaired) electrons. The summed E-state index contributed by atoms with van der Waals surface area (Å²) in [6.45, 7) is 0.418. The van der Waals surface area contributed by atoms with E-state index in [1.165, 1.54) is 0 Å². The first-order valence-corrected chi connectivity index (χ1v) is 6.21. The Kier molecular flexibility index (Phi) is 3.99. The highest BCUT2D eigenvalue weighted by Crippen LogP contribution is 2.31. The van der Waals surface area contributed by atoms with Crippen molar-refractivity contribution in [1.29, 1.82) is 0 Å². The molecule has 18 heavy (non-hydrogen) atoms. The summed E-state index contributed by atoms with van der Waals surface area (Å²) in [4.78, 5) is 12.2. The molecule has 1 aliphatic carbocycles. The second-order valence-electron chi connectivity index (χ2n) is 4.84. The van der Waals surface area contributed by atoms with Crippen molar-refractivity contribution < 1.29 is 14.6 Å². The van der Waals surface area contributed by atoms with Gasteiger partial charge in [0.2, 0.25) is 0 Å². The van der Waals surface area contributed by atoms with Crippen LogP contribution in [0.2, 0.25) is 0 Å². The minimum Gasteiger partial charge on any atom is -0.394 e. The molecule has 1 saturated carbocycles. The Morgan fingerprint density at radius 3 is 2.72 bits per heavy atom. The highest BCUT2D eigenvalue weighted by atomic mass is 16.5. The maximum atomic E-state index is 12.2. The Morgan fingerprint density at radius 2 is 2.17 bits per heavy atom. The largest absolute Gasteiger partial charge is 0.394 e. The maximum Gasteiger partial charge on any atom is 0.252 e. The first-order valence-electron chi connectivity index (χ1n) is 6.21. The van der Waals surface area contributed by atoms with Crippen LogP contribution < -0.4 is 5.32 Å². The fourth-order valence-electron chi connectivity index (χ4n) is 2.26. The summed E-state index contributed by atoms with van der Waals surface area (Å²) >= 11 is 0. The van der Waals surface area contributed by atoms with Crippen molar-refractivity contribution in [3.63, 3.8) is 0 Å². The van der Waals surface area contributed by atoms with Crippen LogP contribution in [0.4, 0.5) is 0 Å². The molecule has 1 amide bonds. The fourth-order valence-corrected chi connectivity index (χ4v) is 2.26. The van der Waals surface area contributed by atoms with Gasteiger partial charge in [0.15, 0.2) is 0 Å². The van der Waals surface area contributed by atoms with Gasteiger partial charge in [-0.25, -0.2) is 0 Å². The average Bonchev–Trinajstić information content (AvgIpc) is 2.35. The molecule has 1 aromatic rings. The van der Waals surface area contributed by atoms with Crippen LogP contribution >= 0.6 is 0 Å². The maximum absolute atomic E-state index is 12.2. The van der Waals surface area contributed by atoms with Gasteiger partial charge >= 0.3 is 0 Å². The molecule has 0 bridgehead atoms. The van der Waals surface area contributed by atoms with Crippen molar-refractivity contribution >= 4 is 5.91 Å². The molecule has 0 aromatic heterocycles. The average molecular weight is 249 g/mol. The van der Waals surface area contributed by atoms with Gasteiger partial charge in [-0.2, -0.15) is 0 Å². The van der Waals surface area contributed by atoms with Crippen molar-refractivity contribution in [1.82, 2.24) is 5.32 Å². The summed E-state index contributed by atoms with van der Waals surface area (Å²) in [5, 5.41) is 12.3. The van der Waals surface area contributed by atoms with Crippen molar-refractivity contribution in [3.05, 3.63) is 35.4 Å². The molecule has 98 valence electrons. The number of hydrogen-bond donors (Lipinski definition) is 2. The monoisotopic (exact) mass is 249 g/mol. The molecule has 0 atom stereocenters. The normalized spacial score (nSPS) is 17.0. The van der Waals surface area contributed by atoms with Crippen LogP contribution in [0.1, 0.15) is 35.2 Å². The molecule has 1 aromatic carbocycles. The minimum absolute atomic E-state index is 0.00514. The molecule has 1 fully saturated rings. The van der Waals surface area contributed by atoms with Crippen LogP contribution in [0.15, 0.2) is 24.3 Å². The zero-order valence-electron chi connectivity index (χ0n) is 10.6. The van der Waals surface area contributed by atoms with Gasteiger partial charge in [0.1, 0.15) is 0 Å². The Balaban J connectivity index is 2.13.